The first kappa shape index (κ1) is 27.1. The SMILES string of the molecule is CC1(C(C(F)(F)F)C(F)(F)F)CN(c2ccc(-c3ccccc3)cc2C2CNCCO2)CCN1C(=O)O. The standard InChI is InChI=1S/C25H27F6N3O3/c1-23(21(24(26,27)28)25(29,30)31)15-33(10-11-34(23)22(35)36)19-8-7-17(16-5-3-2-4-6-16)13-18(19)20-14-32-9-12-37-20/h2-8,13,20-21,32H,9-12,14-15H2,1H3,(H,35,36). The summed E-state index contributed by atoms with van der Waals surface area (Å²) >= 11 is 0. The average Bonchev–Trinajstić information content (AvgIpc) is 2.82. The van der Waals surface area contributed by atoms with Crippen molar-refractivity contribution in [3.05, 3.63) is 54.1 Å². The van der Waals surface area contributed by atoms with Crippen molar-refractivity contribution in [1.29, 1.82) is 0 Å². The number of ether oxygens (including phenoxy) is 1. The van der Waals surface area contributed by atoms with Crippen molar-refractivity contribution in [3.8, 4) is 11.1 Å². The summed E-state index contributed by atoms with van der Waals surface area (Å²) in [6.45, 7) is 0.703. The number of anilines is 1. The molecule has 2 aromatic rings. The quantitative estimate of drug-likeness (QED) is 0.524. The maximum atomic E-state index is 13.8. The lowest BCUT2D eigenvalue weighted by Gasteiger charge is -2.52. The van der Waals surface area contributed by atoms with E-state index in [1.807, 2.05) is 36.4 Å². The van der Waals surface area contributed by atoms with Gasteiger partial charge in [0.15, 0.2) is 5.92 Å². The van der Waals surface area contributed by atoms with Crippen molar-refractivity contribution >= 4 is 11.8 Å². The van der Waals surface area contributed by atoms with Gasteiger partial charge in [0.05, 0.1) is 18.2 Å². The number of alkyl halides is 6. The van der Waals surface area contributed by atoms with Crippen molar-refractivity contribution in [3.63, 3.8) is 0 Å². The number of amides is 1. The Hall–Kier alpha value is -2.99. The van der Waals surface area contributed by atoms with Gasteiger partial charge in [0.25, 0.3) is 0 Å². The molecule has 2 atom stereocenters. The fraction of sp³-hybridized carbons (Fsp3) is 0.480. The highest BCUT2D eigenvalue weighted by molar-refractivity contribution is 5.71. The summed E-state index contributed by atoms with van der Waals surface area (Å²) < 4.78 is 88.9. The van der Waals surface area contributed by atoms with Gasteiger partial charge in [-0.3, -0.25) is 4.90 Å². The Morgan fingerprint density at radius 1 is 1.05 bits per heavy atom. The molecule has 0 aromatic heterocycles. The van der Waals surface area contributed by atoms with Crippen LogP contribution in [0, 0.1) is 5.92 Å². The summed E-state index contributed by atoms with van der Waals surface area (Å²) in [4.78, 5) is 13.5. The van der Waals surface area contributed by atoms with E-state index in [9.17, 15) is 36.2 Å². The number of hydrogen-bond donors (Lipinski definition) is 2. The van der Waals surface area contributed by atoms with Gasteiger partial charge in [0, 0.05) is 44.0 Å². The van der Waals surface area contributed by atoms with Crippen LogP contribution >= 0.6 is 0 Å². The normalized spacial score (nSPS) is 23.4. The highest BCUT2D eigenvalue weighted by Crippen LogP contribution is 2.49. The molecule has 37 heavy (non-hydrogen) atoms. The lowest BCUT2D eigenvalue weighted by atomic mass is 9.80. The van der Waals surface area contributed by atoms with Crippen LogP contribution in [0.5, 0.6) is 0 Å². The number of halogens is 6. The van der Waals surface area contributed by atoms with Gasteiger partial charge >= 0.3 is 18.4 Å². The van der Waals surface area contributed by atoms with Gasteiger partial charge in [0.2, 0.25) is 0 Å². The second-order valence-electron chi connectivity index (χ2n) is 9.43. The Balaban J connectivity index is 1.79. The number of morpholine rings is 1. The molecule has 6 nitrogen and oxygen atoms in total. The predicted molar refractivity (Wildman–Crippen MR) is 124 cm³/mol. The Bertz CT molecular complexity index is 1090. The predicted octanol–water partition coefficient (Wildman–Crippen LogP) is 5.31. The third kappa shape index (κ3) is 5.49. The molecule has 2 unspecified atom stereocenters. The number of nitrogens with zero attached hydrogens (tertiary/aromatic N) is 2. The maximum absolute atomic E-state index is 13.8. The van der Waals surface area contributed by atoms with Crippen LogP contribution in [0.25, 0.3) is 11.1 Å². The van der Waals surface area contributed by atoms with E-state index in [0.717, 1.165) is 18.1 Å². The monoisotopic (exact) mass is 531 g/mol. The molecule has 1 amide bonds. The molecule has 4 rings (SSSR count). The van der Waals surface area contributed by atoms with Crippen molar-refractivity contribution in [2.75, 3.05) is 44.2 Å². The molecule has 202 valence electrons. The highest BCUT2D eigenvalue weighted by Gasteiger charge is 2.68. The zero-order chi connectivity index (χ0) is 27.0. The lowest BCUT2D eigenvalue weighted by molar-refractivity contribution is -0.312. The van der Waals surface area contributed by atoms with Crippen LogP contribution in [0.15, 0.2) is 48.5 Å². The molecule has 2 N–H and O–H groups in total. The lowest BCUT2D eigenvalue weighted by Crippen LogP contribution is -2.70. The van der Waals surface area contributed by atoms with Crippen molar-refractivity contribution in [2.45, 2.75) is 30.9 Å². The minimum Gasteiger partial charge on any atom is -0.465 e. The van der Waals surface area contributed by atoms with Gasteiger partial charge in [-0.1, -0.05) is 36.4 Å². The number of piperazine rings is 1. The number of benzene rings is 2. The largest absolute Gasteiger partial charge is 0.465 e. The van der Waals surface area contributed by atoms with Gasteiger partial charge in [-0.25, -0.2) is 4.79 Å². The molecular weight excluding hydrogens is 504 g/mol. The number of carbonyl (C=O) groups is 1. The highest BCUT2D eigenvalue weighted by atomic mass is 19.4. The molecule has 0 aliphatic carbocycles. The van der Waals surface area contributed by atoms with E-state index in [2.05, 4.69) is 5.32 Å². The third-order valence-electron chi connectivity index (χ3n) is 6.98. The number of rotatable bonds is 4. The minimum absolute atomic E-state index is 0.0812. The summed E-state index contributed by atoms with van der Waals surface area (Å²) in [6, 6.07) is 14.6. The molecule has 0 saturated carbocycles. The molecule has 2 aromatic carbocycles. The maximum Gasteiger partial charge on any atom is 0.407 e. The Labute approximate surface area is 209 Å². The van der Waals surface area contributed by atoms with E-state index >= 15 is 0 Å². The molecule has 2 aliphatic rings. The minimum atomic E-state index is -5.71. The molecule has 0 radical (unpaired) electrons. The smallest absolute Gasteiger partial charge is 0.407 e. The first-order chi connectivity index (χ1) is 17.3. The number of hydrogen-bond acceptors (Lipinski definition) is 4. The summed E-state index contributed by atoms with van der Waals surface area (Å²) in [7, 11) is 0. The fourth-order valence-corrected chi connectivity index (χ4v) is 5.36. The topological polar surface area (TPSA) is 65.0 Å². The van der Waals surface area contributed by atoms with Crippen LogP contribution in [0.2, 0.25) is 0 Å². The second kappa shape index (κ2) is 10.1. The average molecular weight is 531 g/mol. The van der Waals surface area contributed by atoms with Gasteiger partial charge in [-0.05, 0) is 30.2 Å². The summed E-state index contributed by atoms with van der Waals surface area (Å²) in [6.07, 6.45) is -13.7. The Morgan fingerprint density at radius 3 is 2.30 bits per heavy atom. The van der Waals surface area contributed by atoms with Crippen molar-refractivity contribution in [1.82, 2.24) is 10.2 Å². The second-order valence-corrected chi connectivity index (χ2v) is 9.43. The van der Waals surface area contributed by atoms with E-state index in [1.54, 1.807) is 12.1 Å². The molecule has 2 saturated heterocycles. The van der Waals surface area contributed by atoms with E-state index < -0.39 is 49.1 Å². The van der Waals surface area contributed by atoms with Crippen LogP contribution in [-0.2, 0) is 4.74 Å². The van der Waals surface area contributed by atoms with Crippen molar-refractivity contribution in [2.24, 2.45) is 5.92 Å². The summed E-state index contributed by atoms with van der Waals surface area (Å²) in [5.74, 6) is -3.87. The first-order valence-electron chi connectivity index (χ1n) is 11.7. The Kier molecular flexibility index (Phi) is 7.35. The third-order valence-corrected chi connectivity index (χ3v) is 6.98. The molecule has 12 heteroatoms. The van der Waals surface area contributed by atoms with Gasteiger partial charge < -0.3 is 20.1 Å². The molecule has 2 heterocycles. The van der Waals surface area contributed by atoms with Crippen LogP contribution in [0.3, 0.4) is 0 Å². The zero-order valence-electron chi connectivity index (χ0n) is 19.9. The summed E-state index contributed by atoms with van der Waals surface area (Å²) in [5.41, 5.74) is -0.109. The fourth-order valence-electron chi connectivity index (χ4n) is 5.36. The molecule has 2 aliphatic heterocycles. The van der Waals surface area contributed by atoms with Crippen LogP contribution in [-0.4, -0.2) is 73.3 Å². The van der Waals surface area contributed by atoms with E-state index in [1.165, 1.54) is 4.90 Å². The molecule has 0 bridgehead atoms. The van der Waals surface area contributed by atoms with Crippen LogP contribution < -0.4 is 10.2 Å². The van der Waals surface area contributed by atoms with Gasteiger partial charge in [-0.15, -0.1) is 0 Å². The van der Waals surface area contributed by atoms with E-state index in [0.29, 0.717) is 30.9 Å². The zero-order valence-corrected chi connectivity index (χ0v) is 19.9. The van der Waals surface area contributed by atoms with Crippen LogP contribution in [0.4, 0.5) is 36.8 Å². The van der Waals surface area contributed by atoms with E-state index in [-0.39, 0.29) is 11.4 Å². The summed E-state index contributed by atoms with van der Waals surface area (Å²) in [5, 5.41) is 12.8. The molecule has 2 fully saturated rings. The number of carboxylic acid groups (broad SMARTS) is 1. The Morgan fingerprint density at radius 2 is 1.73 bits per heavy atom. The van der Waals surface area contributed by atoms with Crippen molar-refractivity contribution < 1.29 is 41.0 Å². The van der Waals surface area contributed by atoms with E-state index in [4.69, 9.17) is 4.74 Å². The number of nitrogens with one attached hydrogen (secondary N) is 1. The molecule has 0 spiro atoms. The van der Waals surface area contributed by atoms with Gasteiger partial charge in [0.1, 0.15) is 0 Å². The van der Waals surface area contributed by atoms with Crippen LogP contribution in [0.1, 0.15) is 18.6 Å². The van der Waals surface area contributed by atoms with Gasteiger partial charge in [-0.2, -0.15) is 26.3 Å². The molecular formula is C25H27F6N3O3. The first-order valence-corrected chi connectivity index (χ1v) is 11.7.